The number of halogens is 1. The van der Waals surface area contributed by atoms with Crippen molar-refractivity contribution in [1.82, 2.24) is 4.90 Å². The van der Waals surface area contributed by atoms with Crippen molar-refractivity contribution in [3.05, 3.63) is 56.3 Å². The largest absolute Gasteiger partial charge is 0.478 e. The van der Waals surface area contributed by atoms with Crippen molar-refractivity contribution in [2.45, 2.75) is 25.8 Å². The molecule has 0 saturated carbocycles. The number of allylic oxidation sites excluding steroid dienone is 1. The molecule has 4 aliphatic heterocycles. The number of aliphatic carboxylic acids is 1. The summed E-state index contributed by atoms with van der Waals surface area (Å²) in [6.45, 7) is 3.58. The molecule has 0 radical (unpaired) electrons. The highest BCUT2D eigenvalue weighted by atomic mass is 79.9. The second-order valence-electron chi connectivity index (χ2n) is 5.74. The zero-order chi connectivity index (χ0) is 15.6. The quantitative estimate of drug-likeness (QED) is 0.867. The lowest BCUT2D eigenvalue weighted by Gasteiger charge is -2.49. The van der Waals surface area contributed by atoms with Gasteiger partial charge in [0, 0.05) is 15.9 Å². The Morgan fingerprint density at radius 1 is 1.55 bits per heavy atom. The number of carboxylic acids is 1. The van der Waals surface area contributed by atoms with E-state index in [-0.39, 0.29) is 6.23 Å². The molecule has 0 aliphatic carbocycles. The van der Waals surface area contributed by atoms with Crippen LogP contribution in [0.5, 0.6) is 0 Å². The molecule has 112 valence electrons. The maximum atomic E-state index is 11.4. The SMILES string of the molecule is CC1=C(C(=O)O)C2(C)OC1N2/C=C1/C=c2ccc(Br)cc2=N1. The molecule has 5 nitrogen and oxygen atoms in total. The third-order valence-corrected chi connectivity index (χ3v) is 4.84. The number of hydrogen-bond donors (Lipinski definition) is 1. The number of ether oxygens (including phenoxy) is 1. The minimum Gasteiger partial charge on any atom is -0.478 e. The minimum absolute atomic E-state index is 0.303. The van der Waals surface area contributed by atoms with Crippen LogP contribution >= 0.6 is 15.9 Å². The maximum absolute atomic E-state index is 11.4. The zero-order valence-electron chi connectivity index (χ0n) is 12.0. The summed E-state index contributed by atoms with van der Waals surface area (Å²) in [7, 11) is 0. The fourth-order valence-corrected chi connectivity index (χ4v) is 3.67. The second kappa shape index (κ2) is 4.30. The van der Waals surface area contributed by atoms with Crippen LogP contribution in [0.2, 0.25) is 0 Å². The molecule has 1 fully saturated rings. The van der Waals surface area contributed by atoms with Crippen LogP contribution in [0.15, 0.2) is 50.7 Å². The summed E-state index contributed by atoms with van der Waals surface area (Å²) in [6.07, 6.45) is 3.56. The van der Waals surface area contributed by atoms with Gasteiger partial charge >= 0.3 is 5.97 Å². The van der Waals surface area contributed by atoms with Gasteiger partial charge in [0.1, 0.15) is 0 Å². The molecule has 2 atom stereocenters. The average molecular weight is 361 g/mol. The number of nitrogens with zero attached hydrogens (tertiary/aromatic N) is 2. The molecule has 0 aromatic heterocycles. The molecular formula is C16H13BrN2O3. The number of carboxylic acid groups (broad SMARTS) is 1. The normalized spacial score (nSPS) is 30.0. The Bertz CT molecular complexity index is 902. The highest BCUT2D eigenvalue weighted by Gasteiger charge is 2.61. The summed E-state index contributed by atoms with van der Waals surface area (Å²) >= 11 is 3.43. The smallest absolute Gasteiger partial charge is 0.336 e. The summed E-state index contributed by atoms with van der Waals surface area (Å²) in [5.41, 5.74) is 0.983. The molecule has 1 aromatic rings. The van der Waals surface area contributed by atoms with Crippen LogP contribution in [-0.2, 0) is 9.53 Å². The van der Waals surface area contributed by atoms with Gasteiger partial charge in [0.2, 0.25) is 0 Å². The number of hydrogen-bond acceptors (Lipinski definition) is 4. The van der Waals surface area contributed by atoms with Gasteiger partial charge < -0.3 is 14.7 Å². The van der Waals surface area contributed by atoms with E-state index in [0.717, 1.165) is 26.3 Å². The van der Waals surface area contributed by atoms with Crippen molar-refractivity contribution in [1.29, 1.82) is 0 Å². The van der Waals surface area contributed by atoms with Crippen LogP contribution in [-0.4, -0.2) is 27.9 Å². The lowest BCUT2D eigenvalue weighted by Crippen LogP contribution is -2.60. The molecule has 1 saturated heterocycles. The summed E-state index contributed by atoms with van der Waals surface area (Å²) in [5.74, 6) is -0.928. The number of carbonyl (C=O) groups is 1. The third-order valence-electron chi connectivity index (χ3n) is 4.35. The first-order valence-corrected chi connectivity index (χ1v) is 7.68. The van der Waals surface area contributed by atoms with Crippen molar-refractivity contribution in [2.75, 3.05) is 0 Å². The van der Waals surface area contributed by atoms with Crippen LogP contribution in [0.3, 0.4) is 0 Å². The molecule has 1 aromatic carbocycles. The van der Waals surface area contributed by atoms with Gasteiger partial charge in [-0.05, 0) is 37.6 Å². The van der Waals surface area contributed by atoms with E-state index in [1.54, 1.807) is 13.8 Å². The first-order chi connectivity index (χ1) is 10.4. The van der Waals surface area contributed by atoms with Gasteiger partial charge in [0.15, 0.2) is 12.0 Å². The van der Waals surface area contributed by atoms with Gasteiger partial charge in [-0.15, -0.1) is 0 Å². The highest BCUT2D eigenvalue weighted by Crippen LogP contribution is 2.51. The Labute approximate surface area is 135 Å². The third kappa shape index (κ3) is 1.68. The van der Waals surface area contributed by atoms with Crippen molar-refractivity contribution in [3.63, 3.8) is 0 Å². The van der Waals surface area contributed by atoms with E-state index < -0.39 is 11.7 Å². The van der Waals surface area contributed by atoms with Crippen molar-refractivity contribution < 1.29 is 14.6 Å². The van der Waals surface area contributed by atoms with Crippen molar-refractivity contribution in [2.24, 2.45) is 4.99 Å². The van der Waals surface area contributed by atoms with Crippen LogP contribution in [0, 0.1) is 0 Å². The van der Waals surface area contributed by atoms with E-state index in [1.807, 2.05) is 35.4 Å². The van der Waals surface area contributed by atoms with E-state index in [4.69, 9.17) is 4.74 Å². The predicted molar refractivity (Wildman–Crippen MR) is 82.9 cm³/mol. The topological polar surface area (TPSA) is 62.1 Å². The molecule has 2 unspecified atom stereocenters. The van der Waals surface area contributed by atoms with Gasteiger partial charge in [-0.25, -0.2) is 9.79 Å². The maximum Gasteiger partial charge on any atom is 0.336 e. The molecule has 6 heteroatoms. The van der Waals surface area contributed by atoms with Gasteiger partial charge in [0.25, 0.3) is 0 Å². The average Bonchev–Trinajstić information content (AvgIpc) is 3.01. The number of fused-ring (bicyclic) bond motifs is 1. The summed E-state index contributed by atoms with van der Waals surface area (Å²) in [6, 6.07) is 5.93. The van der Waals surface area contributed by atoms with E-state index in [2.05, 4.69) is 20.9 Å². The molecule has 22 heavy (non-hydrogen) atoms. The molecular weight excluding hydrogens is 348 g/mol. The van der Waals surface area contributed by atoms with Crippen LogP contribution in [0.25, 0.3) is 6.08 Å². The number of rotatable bonds is 2. The van der Waals surface area contributed by atoms with Crippen LogP contribution in [0.1, 0.15) is 13.8 Å². The van der Waals surface area contributed by atoms with E-state index in [1.165, 1.54) is 0 Å². The molecule has 4 heterocycles. The molecule has 2 bridgehead atoms. The Kier molecular flexibility index (Phi) is 2.68. The van der Waals surface area contributed by atoms with Gasteiger partial charge in [-0.2, -0.15) is 0 Å². The standard InChI is InChI=1S/C16H13BrN2O3/c1-8-13(15(20)21)16(2)19(14(8)22-16)7-11-5-9-3-4-10(17)6-12(9)18-11/h3-7,14H,1-2H3,(H,20,21)/b11-7-. The fourth-order valence-electron chi connectivity index (χ4n) is 3.32. The second-order valence-corrected chi connectivity index (χ2v) is 6.65. The predicted octanol–water partition coefficient (Wildman–Crippen LogP) is 1.49. The Morgan fingerprint density at radius 2 is 2.32 bits per heavy atom. The van der Waals surface area contributed by atoms with Crippen LogP contribution in [0.4, 0.5) is 0 Å². The summed E-state index contributed by atoms with van der Waals surface area (Å²) < 4.78 is 6.69. The molecule has 1 N–H and O–H groups in total. The van der Waals surface area contributed by atoms with Gasteiger partial charge in [-0.3, -0.25) is 0 Å². The van der Waals surface area contributed by atoms with Crippen molar-refractivity contribution in [3.8, 4) is 0 Å². The molecule has 5 rings (SSSR count). The Balaban J connectivity index is 1.72. The highest BCUT2D eigenvalue weighted by molar-refractivity contribution is 9.10. The first-order valence-electron chi connectivity index (χ1n) is 6.89. The van der Waals surface area contributed by atoms with E-state index in [9.17, 15) is 9.90 Å². The number of benzene rings is 1. The Hall–Kier alpha value is -1.92. The van der Waals surface area contributed by atoms with Gasteiger partial charge in [-0.1, -0.05) is 22.0 Å². The van der Waals surface area contributed by atoms with Crippen LogP contribution < -0.4 is 10.6 Å². The van der Waals surface area contributed by atoms with Gasteiger partial charge in [0.05, 0.1) is 16.6 Å². The summed E-state index contributed by atoms with van der Waals surface area (Å²) in [5, 5.41) is 11.3. The molecule has 4 aliphatic rings. The minimum atomic E-state index is -0.928. The Morgan fingerprint density at radius 3 is 3.00 bits per heavy atom. The van der Waals surface area contributed by atoms with E-state index in [0.29, 0.717) is 5.57 Å². The summed E-state index contributed by atoms with van der Waals surface area (Å²) in [4.78, 5) is 17.9. The molecule has 0 amide bonds. The lowest BCUT2D eigenvalue weighted by atomic mass is 10.1. The fraction of sp³-hybridized carbons (Fsp3) is 0.250. The van der Waals surface area contributed by atoms with Crippen molar-refractivity contribution >= 4 is 28.0 Å². The monoisotopic (exact) mass is 360 g/mol. The first kappa shape index (κ1) is 13.7. The lowest BCUT2D eigenvalue weighted by molar-refractivity contribution is -0.270. The zero-order valence-corrected chi connectivity index (χ0v) is 13.6. The molecule has 0 spiro atoms. The van der Waals surface area contributed by atoms with E-state index >= 15 is 0 Å².